The summed E-state index contributed by atoms with van der Waals surface area (Å²) >= 11 is 1.42. The van der Waals surface area contributed by atoms with Gasteiger partial charge in [0.25, 0.3) is 0 Å². The van der Waals surface area contributed by atoms with Gasteiger partial charge in [-0.2, -0.15) is 9.71 Å². The molecule has 0 saturated carbocycles. The van der Waals surface area contributed by atoms with Crippen LogP contribution in [0.2, 0.25) is 0 Å². The summed E-state index contributed by atoms with van der Waals surface area (Å²) in [5, 5.41) is 6.70. The molecule has 10 heteroatoms. The predicted octanol–water partition coefficient (Wildman–Crippen LogP) is 3.28. The molecule has 3 aromatic rings. The first-order valence-corrected chi connectivity index (χ1v) is 11.3. The monoisotopic (exact) mass is 434 g/mol. The van der Waals surface area contributed by atoms with E-state index in [2.05, 4.69) is 20.2 Å². The highest BCUT2D eigenvalue weighted by Crippen LogP contribution is 2.32. The Hall–Kier alpha value is -2.56. The Morgan fingerprint density at radius 1 is 1.24 bits per heavy atom. The number of sulfonamides is 1. The molecule has 154 valence electrons. The van der Waals surface area contributed by atoms with Crippen LogP contribution in [0.15, 0.2) is 39.8 Å². The Balaban J connectivity index is 1.70. The van der Waals surface area contributed by atoms with Crippen LogP contribution in [0.1, 0.15) is 30.2 Å². The van der Waals surface area contributed by atoms with E-state index >= 15 is 0 Å². The zero-order valence-corrected chi connectivity index (χ0v) is 18.1. The molecule has 1 atom stereocenters. The second-order valence-corrected chi connectivity index (χ2v) is 9.56. The molecule has 0 radical (unpaired) electrons. The third kappa shape index (κ3) is 4.89. The van der Waals surface area contributed by atoms with E-state index < -0.39 is 22.0 Å². The minimum absolute atomic E-state index is 0.112. The lowest BCUT2D eigenvalue weighted by atomic mass is 10.2. The highest BCUT2D eigenvalue weighted by molar-refractivity contribution is 7.89. The van der Waals surface area contributed by atoms with Crippen LogP contribution in [0.4, 0.5) is 5.69 Å². The number of carbonyl (C=O) groups excluding carboxylic acids is 1. The number of thiophene rings is 1. The summed E-state index contributed by atoms with van der Waals surface area (Å²) < 4.78 is 32.5. The molecule has 0 aliphatic heterocycles. The quantitative estimate of drug-likeness (QED) is 0.590. The average Bonchev–Trinajstić information content (AvgIpc) is 3.28. The first-order chi connectivity index (χ1) is 13.7. The SMILES string of the molecule is CCc1nc(-c2cc(NC(=O)[C@H](C)NS(=O)(=O)c3ccc(C)cc3)c(C)s2)no1. The van der Waals surface area contributed by atoms with E-state index in [1.54, 1.807) is 18.2 Å². The number of benzene rings is 1. The summed E-state index contributed by atoms with van der Waals surface area (Å²) in [5.41, 5.74) is 1.53. The predicted molar refractivity (Wildman–Crippen MR) is 111 cm³/mol. The summed E-state index contributed by atoms with van der Waals surface area (Å²) in [4.78, 5) is 18.5. The zero-order valence-electron chi connectivity index (χ0n) is 16.5. The molecular weight excluding hydrogens is 412 g/mol. The van der Waals surface area contributed by atoms with Crippen molar-refractivity contribution in [3.05, 3.63) is 46.7 Å². The van der Waals surface area contributed by atoms with Gasteiger partial charge in [-0.1, -0.05) is 29.8 Å². The second kappa shape index (κ2) is 8.44. The van der Waals surface area contributed by atoms with Gasteiger partial charge in [0.1, 0.15) is 0 Å². The molecule has 0 fully saturated rings. The molecule has 1 amide bonds. The first-order valence-electron chi connectivity index (χ1n) is 9.03. The fraction of sp³-hybridized carbons (Fsp3) is 0.316. The van der Waals surface area contributed by atoms with Crippen molar-refractivity contribution in [3.8, 4) is 10.7 Å². The summed E-state index contributed by atoms with van der Waals surface area (Å²) in [7, 11) is -3.80. The number of nitrogens with one attached hydrogen (secondary N) is 2. The van der Waals surface area contributed by atoms with Crippen LogP contribution in [0.25, 0.3) is 10.7 Å². The Bertz CT molecular complexity index is 1120. The average molecular weight is 435 g/mol. The third-order valence-electron chi connectivity index (χ3n) is 4.22. The van der Waals surface area contributed by atoms with Crippen LogP contribution in [-0.2, 0) is 21.2 Å². The van der Waals surface area contributed by atoms with Crippen molar-refractivity contribution in [2.24, 2.45) is 0 Å². The minimum Gasteiger partial charge on any atom is -0.339 e. The number of hydrogen-bond donors (Lipinski definition) is 2. The van der Waals surface area contributed by atoms with E-state index in [1.807, 2.05) is 20.8 Å². The molecule has 0 aliphatic carbocycles. The van der Waals surface area contributed by atoms with Gasteiger partial charge in [0.05, 0.1) is 21.5 Å². The minimum atomic E-state index is -3.80. The van der Waals surface area contributed by atoms with Gasteiger partial charge in [-0.3, -0.25) is 4.79 Å². The normalized spacial score (nSPS) is 12.7. The number of carbonyl (C=O) groups is 1. The van der Waals surface area contributed by atoms with Crippen molar-refractivity contribution in [1.82, 2.24) is 14.9 Å². The van der Waals surface area contributed by atoms with E-state index in [0.717, 1.165) is 15.3 Å². The van der Waals surface area contributed by atoms with E-state index in [-0.39, 0.29) is 4.90 Å². The number of anilines is 1. The second-order valence-electron chi connectivity index (χ2n) is 6.59. The summed E-state index contributed by atoms with van der Waals surface area (Å²) in [6.07, 6.45) is 0.638. The fourth-order valence-electron chi connectivity index (χ4n) is 2.53. The summed E-state index contributed by atoms with van der Waals surface area (Å²) in [6, 6.07) is 7.22. The van der Waals surface area contributed by atoms with Crippen LogP contribution in [0.5, 0.6) is 0 Å². The molecule has 8 nitrogen and oxygen atoms in total. The molecule has 3 rings (SSSR count). The fourth-order valence-corrected chi connectivity index (χ4v) is 4.63. The van der Waals surface area contributed by atoms with Crippen LogP contribution < -0.4 is 10.0 Å². The van der Waals surface area contributed by atoms with Gasteiger partial charge in [0.15, 0.2) is 0 Å². The molecule has 29 heavy (non-hydrogen) atoms. The van der Waals surface area contributed by atoms with E-state index in [9.17, 15) is 13.2 Å². The van der Waals surface area contributed by atoms with Crippen molar-refractivity contribution >= 4 is 33.0 Å². The molecule has 0 spiro atoms. The highest BCUT2D eigenvalue weighted by Gasteiger charge is 2.23. The number of nitrogens with zero attached hydrogens (tertiary/aromatic N) is 2. The van der Waals surface area contributed by atoms with E-state index in [0.29, 0.717) is 23.8 Å². The number of hydrogen-bond acceptors (Lipinski definition) is 7. The van der Waals surface area contributed by atoms with Crippen molar-refractivity contribution in [2.75, 3.05) is 5.32 Å². The Labute approximate surface area is 173 Å². The summed E-state index contributed by atoms with van der Waals surface area (Å²) in [6.45, 7) is 7.14. The van der Waals surface area contributed by atoms with Gasteiger partial charge in [-0.05, 0) is 39.0 Å². The van der Waals surface area contributed by atoms with Gasteiger partial charge in [-0.15, -0.1) is 11.3 Å². The third-order valence-corrected chi connectivity index (χ3v) is 6.83. The zero-order chi connectivity index (χ0) is 21.2. The standard InChI is InChI=1S/C19H22N4O4S2/c1-5-17-21-18(22-27-17)16-10-15(13(4)28-16)20-19(24)12(3)23-29(25,26)14-8-6-11(2)7-9-14/h6-10,12,23H,5H2,1-4H3,(H,20,24)/t12-/m0/s1. The van der Waals surface area contributed by atoms with Crippen molar-refractivity contribution in [1.29, 1.82) is 0 Å². The Morgan fingerprint density at radius 2 is 1.93 bits per heavy atom. The van der Waals surface area contributed by atoms with Gasteiger partial charge < -0.3 is 9.84 Å². The molecule has 0 unspecified atom stereocenters. The van der Waals surface area contributed by atoms with Gasteiger partial charge in [0, 0.05) is 11.3 Å². The Morgan fingerprint density at radius 3 is 2.55 bits per heavy atom. The maximum Gasteiger partial charge on any atom is 0.242 e. The highest BCUT2D eigenvalue weighted by atomic mass is 32.2. The maximum absolute atomic E-state index is 12.5. The molecule has 2 heterocycles. The summed E-state index contributed by atoms with van der Waals surface area (Å²) in [5.74, 6) is 0.537. The molecule has 0 saturated heterocycles. The largest absolute Gasteiger partial charge is 0.339 e. The van der Waals surface area contributed by atoms with Gasteiger partial charge in [0.2, 0.25) is 27.6 Å². The lowest BCUT2D eigenvalue weighted by molar-refractivity contribution is -0.117. The van der Waals surface area contributed by atoms with Crippen LogP contribution in [0.3, 0.4) is 0 Å². The van der Waals surface area contributed by atoms with Crippen LogP contribution in [0, 0.1) is 13.8 Å². The van der Waals surface area contributed by atoms with E-state index in [4.69, 9.17) is 4.52 Å². The number of aryl methyl sites for hydroxylation is 3. The maximum atomic E-state index is 12.5. The van der Waals surface area contributed by atoms with Crippen molar-refractivity contribution in [2.45, 2.75) is 45.1 Å². The Kier molecular flexibility index (Phi) is 6.15. The molecule has 2 aromatic heterocycles. The molecule has 1 aromatic carbocycles. The number of amides is 1. The first kappa shape index (κ1) is 21.2. The van der Waals surface area contributed by atoms with Crippen molar-refractivity contribution < 1.29 is 17.7 Å². The molecule has 2 N–H and O–H groups in total. The molecule has 0 bridgehead atoms. The molecule has 0 aliphatic rings. The van der Waals surface area contributed by atoms with E-state index in [1.165, 1.54) is 30.4 Å². The molecular formula is C19H22N4O4S2. The lowest BCUT2D eigenvalue weighted by Gasteiger charge is -2.14. The van der Waals surface area contributed by atoms with Crippen LogP contribution >= 0.6 is 11.3 Å². The van der Waals surface area contributed by atoms with Crippen LogP contribution in [-0.4, -0.2) is 30.5 Å². The lowest BCUT2D eigenvalue weighted by Crippen LogP contribution is -2.41. The smallest absolute Gasteiger partial charge is 0.242 e. The van der Waals surface area contributed by atoms with Gasteiger partial charge >= 0.3 is 0 Å². The number of aromatic nitrogens is 2. The van der Waals surface area contributed by atoms with Gasteiger partial charge in [-0.25, -0.2) is 8.42 Å². The number of rotatable bonds is 7. The topological polar surface area (TPSA) is 114 Å². The van der Waals surface area contributed by atoms with Crippen molar-refractivity contribution in [3.63, 3.8) is 0 Å².